The number of halogens is 3. The van der Waals surface area contributed by atoms with Crippen molar-refractivity contribution in [2.45, 2.75) is 41.9 Å². The van der Waals surface area contributed by atoms with Crippen LogP contribution in [0.5, 0.6) is 0 Å². The molecule has 6 nitrogen and oxygen atoms in total. The van der Waals surface area contributed by atoms with E-state index in [0.29, 0.717) is 18.7 Å². The van der Waals surface area contributed by atoms with Crippen LogP contribution in [0.25, 0.3) is 0 Å². The Bertz CT molecular complexity index is 1170. The SMILES string of the molecule is CN(Cc1ccccc1)CC1CC(c2ccc(CO)cc2)OC(c2cccc(NC(=O)C(Cl)(Cl)Cl)c2)O1. The van der Waals surface area contributed by atoms with E-state index in [-0.39, 0.29) is 18.8 Å². The minimum Gasteiger partial charge on any atom is -0.392 e. The van der Waals surface area contributed by atoms with Gasteiger partial charge in [-0.25, -0.2) is 0 Å². The van der Waals surface area contributed by atoms with E-state index in [0.717, 1.165) is 23.2 Å². The van der Waals surface area contributed by atoms with Crippen molar-refractivity contribution in [1.82, 2.24) is 4.90 Å². The van der Waals surface area contributed by atoms with Gasteiger partial charge in [0.05, 0.1) is 18.8 Å². The van der Waals surface area contributed by atoms with Crippen LogP contribution in [0.1, 0.15) is 41.1 Å². The molecule has 1 fully saturated rings. The van der Waals surface area contributed by atoms with Gasteiger partial charge in [0.2, 0.25) is 0 Å². The highest BCUT2D eigenvalue weighted by Gasteiger charge is 2.34. The number of rotatable bonds is 8. The molecule has 1 saturated heterocycles. The highest BCUT2D eigenvalue weighted by molar-refractivity contribution is 6.76. The predicted molar refractivity (Wildman–Crippen MR) is 147 cm³/mol. The summed E-state index contributed by atoms with van der Waals surface area (Å²) in [7, 11) is 2.07. The van der Waals surface area contributed by atoms with Crippen molar-refractivity contribution in [3.8, 4) is 0 Å². The van der Waals surface area contributed by atoms with Crippen LogP contribution in [-0.4, -0.2) is 39.4 Å². The molecule has 0 aliphatic carbocycles. The summed E-state index contributed by atoms with van der Waals surface area (Å²) in [6, 6.07) is 25.1. The first-order chi connectivity index (χ1) is 17.7. The number of nitrogens with zero attached hydrogens (tertiary/aromatic N) is 1. The first-order valence-electron chi connectivity index (χ1n) is 11.9. The summed E-state index contributed by atoms with van der Waals surface area (Å²) >= 11 is 17.1. The highest BCUT2D eigenvalue weighted by Crippen LogP contribution is 2.39. The zero-order chi connectivity index (χ0) is 26.4. The second kappa shape index (κ2) is 12.6. The van der Waals surface area contributed by atoms with Gasteiger partial charge in [-0.05, 0) is 35.9 Å². The molecule has 3 atom stereocenters. The van der Waals surface area contributed by atoms with Crippen LogP contribution in [0, 0.1) is 0 Å². The number of benzene rings is 3. The average molecular weight is 564 g/mol. The third-order valence-corrected chi connectivity index (χ3v) is 6.61. The van der Waals surface area contributed by atoms with Crippen LogP contribution in [0.2, 0.25) is 0 Å². The van der Waals surface area contributed by atoms with E-state index in [2.05, 4.69) is 29.4 Å². The maximum Gasteiger partial charge on any atom is 0.276 e. The summed E-state index contributed by atoms with van der Waals surface area (Å²) in [4.78, 5) is 14.4. The van der Waals surface area contributed by atoms with Gasteiger partial charge in [0.25, 0.3) is 9.70 Å². The molecule has 1 amide bonds. The number of nitrogens with one attached hydrogen (secondary N) is 1. The summed E-state index contributed by atoms with van der Waals surface area (Å²) < 4.78 is 10.7. The van der Waals surface area contributed by atoms with Crippen molar-refractivity contribution in [2.75, 3.05) is 18.9 Å². The largest absolute Gasteiger partial charge is 0.392 e. The van der Waals surface area contributed by atoms with Gasteiger partial charge in [0.15, 0.2) is 6.29 Å². The van der Waals surface area contributed by atoms with Crippen LogP contribution in [0.15, 0.2) is 78.9 Å². The first-order valence-corrected chi connectivity index (χ1v) is 13.1. The van der Waals surface area contributed by atoms with E-state index >= 15 is 0 Å². The standard InChI is InChI=1S/C28H29Cl3N2O4/c1-33(16-19-6-3-2-4-7-19)17-24-15-25(21-12-10-20(18-34)11-13-21)37-26(36-24)22-8-5-9-23(14-22)32-27(35)28(29,30)31/h2-14,24-26,34H,15-18H2,1H3,(H,32,35). The average Bonchev–Trinajstić information content (AvgIpc) is 2.88. The van der Waals surface area contributed by atoms with Gasteiger partial charge in [0.1, 0.15) is 0 Å². The van der Waals surface area contributed by atoms with E-state index in [1.165, 1.54) is 5.56 Å². The Morgan fingerprint density at radius 3 is 2.38 bits per heavy atom. The molecule has 0 aromatic heterocycles. The minimum atomic E-state index is -2.08. The number of likely N-dealkylation sites (N-methyl/N-ethyl adjacent to an activating group) is 1. The molecule has 0 spiro atoms. The molecule has 3 aromatic rings. The quantitative estimate of drug-likeness (QED) is 0.321. The third kappa shape index (κ3) is 7.91. The number of hydrogen-bond acceptors (Lipinski definition) is 5. The molecule has 9 heteroatoms. The van der Waals surface area contributed by atoms with Crippen LogP contribution in [0.4, 0.5) is 5.69 Å². The molecule has 1 heterocycles. The van der Waals surface area contributed by atoms with Crippen LogP contribution in [-0.2, 0) is 27.4 Å². The van der Waals surface area contributed by atoms with E-state index in [9.17, 15) is 9.90 Å². The fourth-order valence-electron chi connectivity index (χ4n) is 4.31. The molecule has 1 aliphatic rings. The molecule has 3 unspecified atom stereocenters. The van der Waals surface area contributed by atoms with Crippen LogP contribution in [0.3, 0.4) is 0 Å². The van der Waals surface area contributed by atoms with E-state index in [1.54, 1.807) is 18.2 Å². The number of aliphatic hydroxyl groups excluding tert-OH is 1. The van der Waals surface area contributed by atoms with Gasteiger partial charge in [0, 0.05) is 30.8 Å². The Morgan fingerprint density at radius 2 is 1.70 bits per heavy atom. The van der Waals surface area contributed by atoms with Crippen molar-refractivity contribution < 1.29 is 19.4 Å². The molecule has 196 valence electrons. The normalized spacial score (nSPS) is 20.1. The molecule has 2 N–H and O–H groups in total. The van der Waals surface area contributed by atoms with Crippen molar-refractivity contribution in [1.29, 1.82) is 0 Å². The lowest BCUT2D eigenvalue weighted by atomic mass is 9.99. The number of anilines is 1. The number of amides is 1. The second-order valence-corrected chi connectivity index (χ2v) is 11.4. The van der Waals surface area contributed by atoms with Crippen LogP contribution >= 0.6 is 34.8 Å². The van der Waals surface area contributed by atoms with Crippen molar-refractivity contribution in [3.05, 3.63) is 101 Å². The maximum absolute atomic E-state index is 12.1. The molecule has 3 aromatic carbocycles. The second-order valence-electron chi connectivity index (χ2n) is 9.11. The lowest BCUT2D eigenvalue weighted by molar-refractivity contribution is -0.252. The Morgan fingerprint density at radius 1 is 0.973 bits per heavy atom. The Kier molecular flexibility index (Phi) is 9.48. The summed E-state index contributed by atoms with van der Waals surface area (Å²) in [5, 5.41) is 12.0. The molecule has 4 rings (SSSR count). The Balaban J connectivity index is 1.54. The maximum atomic E-state index is 12.1. The Hall–Kier alpha value is -2.16. The zero-order valence-electron chi connectivity index (χ0n) is 20.3. The minimum absolute atomic E-state index is 0.0167. The smallest absolute Gasteiger partial charge is 0.276 e. The van der Waals surface area contributed by atoms with Gasteiger partial charge in [-0.1, -0.05) is 102 Å². The zero-order valence-corrected chi connectivity index (χ0v) is 22.6. The number of ether oxygens (including phenoxy) is 2. The van der Waals surface area contributed by atoms with E-state index in [4.69, 9.17) is 44.3 Å². The van der Waals surface area contributed by atoms with Crippen molar-refractivity contribution >= 4 is 46.4 Å². The van der Waals surface area contributed by atoms with E-state index < -0.39 is 16.0 Å². The molecular weight excluding hydrogens is 535 g/mol. The molecule has 0 saturated carbocycles. The third-order valence-electron chi connectivity index (χ3n) is 6.10. The fourth-order valence-corrected chi connectivity index (χ4v) is 4.45. The van der Waals surface area contributed by atoms with Crippen LogP contribution < -0.4 is 5.32 Å². The van der Waals surface area contributed by atoms with E-state index in [1.807, 2.05) is 48.5 Å². The fraction of sp³-hybridized carbons (Fsp3) is 0.321. The number of hydrogen-bond donors (Lipinski definition) is 2. The van der Waals surface area contributed by atoms with Gasteiger partial charge >= 0.3 is 0 Å². The number of alkyl halides is 3. The van der Waals surface area contributed by atoms with Gasteiger partial charge in [-0.15, -0.1) is 0 Å². The summed E-state index contributed by atoms with van der Waals surface area (Å²) in [5.74, 6) is -0.748. The summed E-state index contributed by atoms with van der Waals surface area (Å²) in [6.07, 6.45) is -0.343. The molecule has 37 heavy (non-hydrogen) atoms. The molecular formula is C28H29Cl3N2O4. The topological polar surface area (TPSA) is 71.0 Å². The van der Waals surface area contributed by atoms with Crippen molar-refractivity contribution in [2.24, 2.45) is 0 Å². The number of aliphatic hydroxyl groups is 1. The Labute approximate surface area is 232 Å². The molecule has 0 radical (unpaired) electrons. The first kappa shape index (κ1) is 27.9. The number of carbonyl (C=O) groups is 1. The summed E-state index contributed by atoms with van der Waals surface area (Å²) in [6.45, 7) is 1.47. The van der Waals surface area contributed by atoms with Gasteiger partial charge < -0.3 is 19.9 Å². The lowest BCUT2D eigenvalue weighted by Gasteiger charge is -2.38. The molecule has 1 aliphatic heterocycles. The van der Waals surface area contributed by atoms with Crippen molar-refractivity contribution in [3.63, 3.8) is 0 Å². The van der Waals surface area contributed by atoms with Gasteiger partial charge in [-0.2, -0.15) is 0 Å². The van der Waals surface area contributed by atoms with Gasteiger partial charge in [-0.3, -0.25) is 9.69 Å². The predicted octanol–water partition coefficient (Wildman–Crippen LogP) is 6.17. The molecule has 0 bridgehead atoms. The number of carbonyl (C=O) groups excluding carboxylic acids is 1. The highest BCUT2D eigenvalue weighted by atomic mass is 35.6. The monoisotopic (exact) mass is 562 g/mol. The summed E-state index contributed by atoms with van der Waals surface area (Å²) in [5.41, 5.74) is 4.26. The lowest BCUT2D eigenvalue weighted by Crippen LogP contribution is -2.37.